The Labute approximate surface area is 76.4 Å². The van der Waals surface area contributed by atoms with Crippen molar-refractivity contribution in [2.24, 2.45) is 0 Å². The van der Waals surface area contributed by atoms with Gasteiger partial charge in [-0.05, 0) is 13.3 Å². The highest BCUT2D eigenvalue weighted by Crippen LogP contribution is 1.84. The molecule has 0 saturated heterocycles. The quantitative estimate of drug-likeness (QED) is 0.378. The van der Waals surface area contributed by atoms with Crippen LogP contribution in [0.25, 0.3) is 0 Å². The fourth-order valence-corrected chi connectivity index (χ4v) is 0.624. The molecule has 0 aliphatic heterocycles. The van der Waals surface area contributed by atoms with Crippen molar-refractivity contribution in [1.29, 1.82) is 0 Å². The average molecular weight is 187 g/mol. The smallest absolute Gasteiger partial charge is 0.404 e. The van der Waals surface area contributed by atoms with E-state index in [9.17, 15) is 9.59 Å². The Bertz CT molecular complexity index is 200. The van der Waals surface area contributed by atoms with Crippen molar-refractivity contribution < 1.29 is 19.4 Å². The summed E-state index contributed by atoms with van der Waals surface area (Å²) in [7, 11) is 0. The predicted molar refractivity (Wildman–Crippen MR) is 46.4 cm³/mol. The van der Waals surface area contributed by atoms with Crippen molar-refractivity contribution in [3.63, 3.8) is 0 Å². The van der Waals surface area contributed by atoms with E-state index >= 15 is 0 Å². The molecule has 0 rings (SSSR count). The zero-order valence-corrected chi connectivity index (χ0v) is 7.45. The summed E-state index contributed by atoms with van der Waals surface area (Å²) in [4.78, 5) is 20.7. The molecule has 0 aliphatic carbocycles. The summed E-state index contributed by atoms with van der Waals surface area (Å²) in [5.41, 5.74) is 0. The highest BCUT2D eigenvalue weighted by atomic mass is 16.5. The molecular formula is C8H13NO4. The van der Waals surface area contributed by atoms with Crippen LogP contribution in [0, 0.1) is 0 Å². The van der Waals surface area contributed by atoms with Crippen LogP contribution in [0.4, 0.5) is 4.79 Å². The monoisotopic (exact) mass is 187 g/mol. The van der Waals surface area contributed by atoms with Crippen LogP contribution in [0.2, 0.25) is 0 Å². The van der Waals surface area contributed by atoms with Gasteiger partial charge in [-0.1, -0.05) is 6.08 Å². The number of carbonyl (C=O) groups is 2. The van der Waals surface area contributed by atoms with Gasteiger partial charge in [-0.3, -0.25) is 0 Å². The number of amides is 1. The first-order chi connectivity index (χ1) is 6.16. The van der Waals surface area contributed by atoms with Crippen LogP contribution >= 0.6 is 0 Å². The summed E-state index contributed by atoms with van der Waals surface area (Å²) in [6.45, 7) is 2.23. The number of hydrogen-bond acceptors (Lipinski definition) is 3. The second kappa shape index (κ2) is 7.15. The molecule has 0 aromatic heterocycles. The van der Waals surface area contributed by atoms with Crippen molar-refractivity contribution in [2.45, 2.75) is 13.3 Å². The second-order valence-corrected chi connectivity index (χ2v) is 2.25. The van der Waals surface area contributed by atoms with E-state index in [1.54, 1.807) is 13.0 Å². The van der Waals surface area contributed by atoms with Crippen molar-refractivity contribution in [1.82, 2.24) is 5.32 Å². The lowest BCUT2D eigenvalue weighted by Gasteiger charge is -2.01. The minimum atomic E-state index is -1.07. The van der Waals surface area contributed by atoms with Gasteiger partial charge in [0.2, 0.25) is 0 Å². The third kappa shape index (κ3) is 8.39. The fraction of sp³-hybridized carbons (Fsp3) is 0.500. The van der Waals surface area contributed by atoms with E-state index in [1.165, 1.54) is 6.08 Å². The summed E-state index contributed by atoms with van der Waals surface area (Å²) < 4.78 is 4.71. The number of ether oxygens (including phenoxy) is 1. The van der Waals surface area contributed by atoms with Crippen molar-refractivity contribution in [3.8, 4) is 0 Å². The van der Waals surface area contributed by atoms with Crippen LogP contribution in [0.5, 0.6) is 0 Å². The van der Waals surface area contributed by atoms with E-state index < -0.39 is 12.1 Å². The number of esters is 1. The lowest BCUT2D eigenvalue weighted by atomic mass is 10.4. The Morgan fingerprint density at radius 2 is 2.23 bits per heavy atom. The molecule has 0 saturated carbocycles. The van der Waals surface area contributed by atoms with Gasteiger partial charge in [-0.15, -0.1) is 0 Å². The molecule has 0 aromatic carbocycles. The van der Waals surface area contributed by atoms with Gasteiger partial charge in [0, 0.05) is 12.6 Å². The van der Waals surface area contributed by atoms with Crippen LogP contribution in [0.3, 0.4) is 0 Å². The molecule has 5 nitrogen and oxygen atoms in total. The SMILES string of the molecule is CC=CC(=O)OCCCNC(=O)O. The Hall–Kier alpha value is -1.52. The zero-order valence-electron chi connectivity index (χ0n) is 7.45. The highest BCUT2D eigenvalue weighted by Gasteiger charge is 1.96. The minimum Gasteiger partial charge on any atom is -0.465 e. The topological polar surface area (TPSA) is 75.6 Å². The molecule has 2 N–H and O–H groups in total. The molecular weight excluding hydrogens is 174 g/mol. The summed E-state index contributed by atoms with van der Waals surface area (Å²) >= 11 is 0. The van der Waals surface area contributed by atoms with Gasteiger partial charge < -0.3 is 15.2 Å². The Morgan fingerprint density at radius 3 is 2.77 bits per heavy atom. The summed E-state index contributed by atoms with van der Waals surface area (Å²) in [5, 5.41) is 10.3. The Balaban J connectivity index is 3.25. The normalized spacial score (nSPS) is 9.92. The van der Waals surface area contributed by atoms with Crippen molar-refractivity contribution in [3.05, 3.63) is 12.2 Å². The molecule has 0 aromatic rings. The molecule has 1 amide bonds. The molecule has 0 fully saturated rings. The van der Waals surface area contributed by atoms with Gasteiger partial charge in [0.25, 0.3) is 0 Å². The number of carbonyl (C=O) groups excluding carboxylic acids is 1. The highest BCUT2D eigenvalue weighted by molar-refractivity contribution is 5.81. The van der Waals surface area contributed by atoms with Crippen molar-refractivity contribution in [2.75, 3.05) is 13.2 Å². The van der Waals surface area contributed by atoms with Gasteiger partial charge in [0.05, 0.1) is 6.61 Å². The number of carboxylic acid groups (broad SMARTS) is 1. The van der Waals surface area contributed by atoms with Crippen LogP contribution in [0.1, 0.15) is 13.3 Å². The molecule has 13 heavy (non-hydrogen) atoms. The van der Waals surface area contributed by atoms with E-state index in [4.69, 9.17) is 9.84 Å². The van der Waals surface area contributed by atoms with Gasteiger partial charge in [0.1, 0.15) is 0 Å². The maximum atomic E-state index is 10.7. The molecule has 0 spiro atoms. The van der Waals surface area contributed by atoms with E-state index in [2.05, 4.69) is 5.32 Å². The first-order valence-electron chi connectivity index (χ1n) is 3.93. The second-order valence-electron chi connectivity index (χ2n) is 2.25. The van der Waals surface area contributed by atoms with E-state index in [0.29, 0.717) is 13.0 Å². The van der Waals surface area contributed by atoms with Crippen LogP contribution in [0.15, 0.2) is 12.2 Å². The molecule has 0 unspecified atom stereocenters. The molecule has 0 aliphatic rings. The molecule has 0 atom stereocenters. The third-order valence-electron chi connectivity index (χ3n) is 1.14. The Kier molecular flexibility index (Phi) is 6.31. The van der Waals surface area contributed by atoms with E-state index in [0.717, 1.165) is 0 Å². The molecule has 0 bridgehead atoms. The zero-order chi connectivity index (χ0) is 10.1. The third-order valence-corrected chi connectivity index (χ3v) is 1.14. The predicted octanol–water partition coefficient (Wildman–Crippen LogP) is 0.763. The maximum Gasteiger partial charge on any atom is 0.404 e. The summed E-state index contributed by atoms with van der Waals surface area (Å²) in [6.07, 6.45) is 2.30. The van der Waals surface area contributed by atoms with Crippen molar-refractivity contribution >= 4 is 12.1 Å². The number of rotatable bonds is 5. The van der Waals surface area contributed by atoms with Crippen LogP contribution in [-0.4, -0.2) is 30.3 Å². The number of allylic oxidation sites excluding steroid dienone is 1. The Morgan fingerprint density at radius 1 is 1.54 bits per heavy atom. The van der Waals surface area contributed by atoms with E-state index in [1.807, 2.05) is 0 Å². The average Bonchev–Trinajstić information content (AvgIpc) is 2.03. The largest absolute Gasteiger partial charge is 0.465 e. The maximum absolute atomic E-state index is 10.7. The fourth-order valence-electron chi connectivity index (χ4n) is 0.624. The standard InChI is InChI=1S/C8H13NO4/c1-2-4-7(10)13-6-3-5-9-8(11)12/h2,4,9H,3,5-6H2,1H3,(H,11,12). The lowest BCUT2D eigenvalue weighted by molar-refractivity contribution is -0.137. The molecule has 74 valence electrons. The summed E-state index contributed by atoms with van der Waals surface area (Å²) in [6, 6.07) is 0. The first kappa shape index (κ1) is 11.5. The van der Waals surface area contributed by atoms with Gasteiger partial charge >= 0.3 is 12.1 Å². The molecule has 0 radical (unpaired) electrons. The van der Waals surface area contributed by atoms with Gasteiger partial charge in [0.15, 0.2) is 0 Å². The van der Waals surface area contributed by atoms with E-state index in [-0.39, 0.29) is 6.61 Å². The lowest BCUT2D eigenvalue weighted by Crippen LogP contribution is -2.23. The summed E-state index contributed by atoms with van der Waals surface area (Å²) in [5.74, 6) is -0.405. The molecule has 5 heteroatoms. The number of hydrogen-bond donors (Lipinski definition) is 2. The van der Waals surface area contributed by atoms with Gasteiger partial charge in [-0.25, -0.2) is 9.59 Å². The van der Waals surface area contributed by atoms with Crippen LogP contribution < -0.4 is 5.32 Å². The van der Waals surface area contributed by atoms with Crippen LogP contribution in [-0.2, 0) is 9.53 Å². The molecule has 0 heterocycles. The minimum absolute atomic E-state index is 0.226. The van der Waals surface area contributed by atoms with Gasteiger partial charge in [-0.2, -0.15) is 0 Å². The first-order valence-corrected chi connectivity index (χ1v) is 3.93. The number of nitrogens with one attached hydrogen (secondary N) is 1.